The maximum absolute atomic E-state index is 12.8. The van der Waals surface area contributed by atoms with Crippen LogP contribution in [0.25, 0.3) is 0 Å². The molecule has 4 nitrogen and oxygen atoms in total. The van der Waals surface area contributed by atoms with E-state index in [1.807, 2.05) is 36.1 Å². The standard InChI is InChI=1S/C22H27NO3/c1-16-8-10-19(11-9-16)21-15-23(14-17(2)26-21)22(24)13-12-18-6-4-5-7-20(18)25-3/h4-11,17,21H,12-15H2,1-3H3. The van der Waals surface area contributed by atoms with Crippen LogP contribution < -0.4 is 4.74 Å². The SMILES string of the molecule is COc1ccccc1CCC(=O)N1CC(C)OC(c2ccc(C)cc2)C1. The highest BCUT2D eigenvalue weighted by molar-refractivity contribution is 5.76. The quantitative estimate of drug-likeness (QED) is 0.818. The summed E-state index contributed by atoms with van der Waals surface area (Å²) in [6.07, 6.45) is 1.14. The van der Waals surface area contributed by atoms with Crippen molar-refractivity contribution in [2.45, 2.75) is 38.9 Å². The topological polar surface area (TPSA) is 38.8 Å². The van der Waals surface area contributed by atoms with Gasteiger partial charge in [-0.3, -0.25) is 4.79 Å². The third-order valence-corrected chi connectivity index (χ3v) is 4.86. The first kappa shape index (κ1) is 18.5. The van der Waals surface area contributed by atoms with Gasteiger partial charge in [0.1, 0.15) is 11.9 Å². The highest BCUT2D eigenvalue weighted by atomic mass is 16.5. The Balaban J connectivity index is 1.64. The molecule has 1 aliphatic rings. The van der Waals surface area contributed by atoms with Gasteiger partial charge in [0.2, 0.25) is 5.91 Å². The lowest BCUT2D eigenvalue weighted by Gasteiger charge is -2.37. The number of morpholine rings is 1. The molecule has 138 valence electrons. The molecule has 2 aromatic carbocycles. The first-order chi connectivity index (χ1) is 12.6. The zero-order valence-corrected chi connectivity index (χ0v) is 15.8. The van der Waals surface area contributed by atoms with Gasteiger partial charge < -0.3 is 14.4 Å². The highest BCUT2D eigenvalue weighted by Gasteiger charge is 2.29. The minimum atomic E-state index is -0.0606. The summed E-state index contributed by atoms with van der Waals surface area (Å²) in [5.41, 5.74) is 3.42. The van der Waals surface area contributed by atoms with Crippen molar-refractivity contribution < 1.29 is 14.3 Å². The summed E-state index contributed by atoms with van der Waals surface area (Å²) in [6, 6.07) is 16.2. The summed E-state index contributed by atoms with van der Waals surface area (Å²) in [7, 11) is 1.66. The molecule has 1 fully saturated rings. The molecule has 1 heterocycles. The number of aryl methyl sites for hydroxylation is 2. The van der Waals surface area contributed by atoms with Crippen LogP contribution in [0.1, 0.15) is 36.1 Å². The third kappa shape index (κ3) is 4.44. The van der Waals surface area contributed by atoms with Crippen LogP contribution in [0.5, 0.6) is 5.75 Å². The van der Waals surface area contributed by atoms with Crippen molar-refractivity contribution in [1.82, 2.24) is 4.90 Å². The average Bonchev–Trinajstić information content (AvgIpc) is 2.66. The molecule has 4 heteroatoms. The van der Waals surface area contributed by atoms with Crippen molar-refractivity contribution in [2.24, 2.45) is 0 Å². The summed E-state index contributed by atoms with van der Waals surface area (Å²) in [5, 5.41) is 0. The molecular weight excluding hydrogens is 326 g/mol. The number of carbonyl (C=O) groups is 1. The molecule has 0 radical (unpaired) electrons. The van der Waals surface area contributed by atoms with Crippen molar-refractivity contribution in [2.75, 3.05) is 20.2 Å². The average molecular weight is 353 g/mol. The maximum Gasteiger partial charge on any atom is 0.223 e. The Morgan fingerprint density at radius 1 is 1.15 bits per heavy atom. The molecule has 26 heavy (non-hydrogen) atoms. The zero-order chi connectivity index (χ0) is 18.5. The van der Waals surface area contributed by atoms with E-state index in [0.717, 1.165) is 16.9 Å². The lowest BCUT2D eigenvalue weighted by molar-refractivity contribution is -0.144. The Morgan fingerprint density at radius 3 is 2.62 bits per heavy atom. The number of nitrogens with zero attached hydrogens (tertiary/aromatic N) is 1. The molecule has 1 amide bonds. The normalized spacial score (nSPS) is 20.0. The smallest absolute Gasteiger partial charge is 0.223 e. The van der Waals surface area contributed by atoms with Gasteiger partial charge in [-0.05, 0) is 37.5 Å². The fourth-order valence-corrected chi connectivity index (χ4v) is 3.43. The monoisotopic (exact) mass is 353 g/mol. The van der Waals surface area contributed by atoms with E-state index < -0.39 is 0 Å². The van der Waals surface area contributed by atoms with E-state index in [9.17, 15) is 4.79 Å². The number of benzene rings is 2. The van der Waals surface area contributed by atoms with Gasteiger partial charge in [0.25, 0.3) is 0 Å². The molecule has 0 aliphatic carbocycles. The molecule has 3 rings (SSSR count). The van der Waals surface area contributed by atoms with Crippen molar-refractivity contribution in [3.05, 3.63) is 65.2 Å². The van der Waals surface area contributed by atoms with Gasteiger partial charge in [0.15, 0.2) is 0 Å². The fourth-order valence-electron chi connectivity index (χ4n) is 3.43. The van der Waals surface area contributed by atoms with E-state index in [0.29, 0.717) is 25.9 Å². The summed E-state index contributed by atoms with van der Waals surface area (Å²) in [6.45, 7) is 5.36. The van der Waals surface area contributed by atoms with Crippen LogP contribution in [0, 0.1) is 6.92 Å². The molecule has 2 aromatic rings. The van der Waals surface area contributed by atoms with Crippen molar-refractivity contribution in [3.63, 3.8) is 0 Å². The summed E-state index contributed by atoms with van der Waals surface area (Å²) in [5.74, 6) is 1.01. The molecular formula is C22H27NO3. The molecule has 2 atom stereocenters. The Labute approximate surface area is 155 Å². The highest BCUT2D eigenvalue weighted by Crippen LogP contribution is 2.26. The summed E-state index contributed by atoms with van der Waals surface area (Å²) >= 11 is 0. The van der Waals surface area contributed by atoms with Crippen LogP contribution >= 0.6 is 0 Å². The van der Waals surface area contributed by atoms with E-state index >= 15 is 0 Å². The maximum atomic E-state index is 12.8. The molecule has 1 saturated heterocycles. The molecule has 0 bridgehead atoms. The number of methoxy groups -OCH3 is 1. The predicted octanol–water partition coefficient (Wildman–Crippen LogP) is 3.92. The van der Waals surface area contributed by atoms with Crippen LogP contribution in [0.3, 0.4) is 0 Å². The van der Waals surface area contributed by atoms with Crippen molar-refractivity contribution in [3.8, 4) is 5.75 Å². The van der Waals surface area contributed by atoms with Gasteiger partial charge >= 0.3 is 0 Å². The van der Waals surface area contributed by atoms with Crippen molar-refractivity contribution >= 4 is 5.91 Å². The molecule has 2 unspecified atom stereocenters. The Kier molecular flexibility index (Phi) is 5.94. The zero-order valence-electron chi connectivity index (χ0n) is 15.8. The van der Waals surface area contributed by atoms with Crippen LogP contribution in [0.2, 0.25) is 0 Å². The van der Waals surface area contributed by atoms with E-state index in [-0.39, 0.29) is 18.1 Å². The van der Waals surface area contributed by atoms with Crippen molar-refractivity contribution in [1.29, 1.82) is 0 Å². The minimum Gasteiger partial charge on any atom is -0.496 e. The van der Waals surface area contributed by atoms with Crippen LogP contribution in [-0.2, 0) is 16.0 Å². The second-order valence-corrected chi connectivity index (χ2v) is 6.96. The number of rotatable bonds is 5. The Hall–Kier alpha value is -2.33. The Morgan fingerprint density at radius 2 is 1.88 bits per heavy atom. The summed E-state index contributed by atoms with van der Waals surface area (Å²) < 4.78 is 11.5. The molecule has 0 aromatic heterocycles. The molecule has 1 aliphatic heterocycles. The van der Waals surface area contributed by atoms with Gasteiger partial charge in [-0.25, -0.2) is 0 Å². The summed E-state index contributed by atoms with van der Waals surface area (Å²) in [4.78, 5) is 14.7. The lowest BCUT2D eigenvalue weighted by Crippen LogP contribution is -2.46. The molecule has 0 saturated carbocycles. The number of hydrogen-bond acceptors (Lipinski definition) is 3. The second kappa shape index (κ2) is 8.37. The van der Waals surface area contributed by atoms with Crippen LogP contribution in [-0.4, -0.2) is 37.1 Å². The van der Waals surface area contributed by atoms with Gasteiger partial charge in [-0.2, -0.15) is 0 Å². The van der Waals surface area contributed by atoms with Crippen LogP contribution in [0.15, 0.2) is 48.5 Å². The lowest BCUT2D eigenvalue weighted by atomic mass is 10.0. The predicted molar refractivity (Wildman–Crippen MR) is 102 cm³/mol. The molecule has 0 N–H and O–H groups in total. The van der Waals surface area contributed by atoms with E-state index in [1.165, 1.54) is 5.56 Å². The molecule has 0 spiro atoms. The van der Waals surface area contributed by atoms with Crippen LogP contribution in [0.4, 0.5) is 0 Å². The number of carbonyl (C=O) groups excluding carboxylic acids is 1. The number of hydrogen-bond donors (Lipinski definition) is 0. The van der Waals surface area contributed by atoms with E-state index in [1.54, 1.807) is 7.11 Å². The Bertz CT molecular complexity index is 741. The first-order valence-corrected chi connectivity index (χ1v) is 9.18. The number of ether oxygens (including phenoxy) is 2. The number of para-hydroxylation sites is 1. The second-order valence-electron chi connectivity index (χ2n) is 6.96. The van der Waals surface area contributed by atoms with E-state index in [2.05, 4.69) is 31.2 Å². The van der Waals surface area contributed by atoms with Gasteiger partial charge in [0, 0.05) is 13.0 Å². The third-order valence-electron chi connectivity index (χ3n) is 4.86. The van der Waals surface area contributed by atoms with E-state index in [4.69, 9.17) is 9.47 Å². The van der Waals surface area contributed by atoms with Gasteiger partial charge in [-0.1, -0.05) is 48.0 Å². The largest absolute Gasteiger partial charge is 0.496 e. The number of amides is 1. The minimum absolute atomic E-state index is 0.0327. The first-order valence-electron chi connectivity index (χ1n) is 9.18. The fraction of sp³-hybridized carbons (Fsp3) is 0.409. The van der Waals surface area contributed by atoms with Gasteiger partial charge in [-0.15, -0.1) is 0 Å². The van der Waals surface area contributed by atoms with Gasteiger partial charge in [0.05, 0.1) is 19.8 Å².